The van der Waals surface area contributed by atoms with Gasteiger partial charge < -0.3 is 10.3 Å². The third-order valence-corrected chi connectivity index (χ3v) is 4.29. The zero-order chi connectivity index (χ0) is 15.8. The van der Waals surface area contributed by atoms with E-state index in [4.69, 9.17) is 21.9 Å². The summed E-state index contributed by atoms with van der Waals surface area (Å²) >= 11 is 6.13. The van der Waals surface area contributed by atoms with E-state index in [-0.39, 0.29) is 16.8 Å². The number of aromatic nitrogens is 1. The van der Waals surface area contributed by atoms with Crippen molar-refractivity contribution in [3.63, 3.8) is 0 Å². The highest BCUT2D eigenvalue weighted by atomic mass is 35.5. The van der Waals surface area contributed by atoms with Gasteiger partial charge in [0.25, 0.3) is 0 Å². The second kappa shape index (κ2) is 5.68. The fraction of sp³-hybridized carbons (Fsp3) is 0.438. The number of nitrogens with two attached hydrogens (primary N) is 1. The van der Waals surface area contributed by atoms with Crippen LogP contribution in [0.25, 0.3) is 11.1 Å². The Morgan fingerprint density at radius 1 is 1.33 bits per heavy atom. The molecule has 114 valence electrons. The topological polar surface area (TPSA) is 52.0 Å². The zero-order valence-corrected chi connectivity index (χ0v) is 13.5. The van der Waals surface area contributed by atoms with Crippen molar-refractivity contribution in [1.29, 1.82) is 0 Å². The molecular weight excluding hydrogens is 291 g/mol. The summed E-state index contributed by atoms with van der Waals surface area (Å²) in [5, 5.41) is 4.09. The number of nitrogens with zero attached hydrogens (tertiary/aromatic N) is 1. The minimum atomic E-state index is -0.429. The maximum absolute atomic E-state index is 14.1. The van der Waals surface area contributed by atoms with E-state index in [2.05, 4.69) is 32.9 Å². The molecule has 1 atom stereocenters. The van der Waals surface area contributed by atoms with Gasteiger partial charge in [-0.25, -0.2) is 4.39 Å². The third kappa shape index (κ3) is 3.21. The maximum Gasteiger partial charge on any atom is 0.175 e. The summed E-state index contributed by atoms with van der Waals surface area (Å²) in [5.74, 6) is 0.622. The Morgan fingerprint density at radius 2 is 2.00 bits per heavy atom. The molecule has 2 rings (SSSR count). The van der Waals surface area contributed by atoms with Crippen LogP contribution in [0.5, 0.6) is 0 Å². The molecule has 1 aromatic heterocycles. The molecule has 1 unspecified atom stereocenters. The first-order valence-electron chi connectivity index (χ1n) is 6.90. The summed E-state index contributed by atoms with van der Waals surface area (Å²) in [6, 6.07) is 4.54. The second-order valence-electron chi connectivity index (χ2n) is 6.43. The fourth-order valence-electron chi connectivity index (χ4n) is 2.07. The van der Waals surface area contributed by atoms with Crippen LogP contribution in [0.4, 0.5) is 10.2 Å². The zero-order valence-electron chi connectivity index (χ0n) is 12.7. The highest BCUT2D eigenvalue weighted by Gasteiger charge is 2.27. The molecule has 3 nitrogen and oxygen atoms in total. The lowest BCUT2D eigenvalue weighted by atomic mass is 9.79. The molecule has 0 aliphatic rings. The van der Waals surface area contributed by atoms with E-state index in [1.54, 1.807) is 12.1 Å². The van der Waals surface area contributed by atoms with Gasteiger partial charge in [-0.3, -0.25) is 0 Å². The van der Waals surface area contributed by atoms with E-state index in [9.17, 15) is 4.39 Å². The largest absolute Gasteiger partial charge is 0.380 e. The SMILES string of the molecule is CC(Cc1onc(N)c1-c1c(F)cccc1Cl)C(C)(C)C. The molecular formula is C16H20ClFN2O. The number of hydrogen-bond acceptors (Lipinski definition) is 3. The van der Waals surface area contributed by atoms with Crippen molar-refractivity contribution in [2.75, 3.05) is 5.73 Å². The number of benzene rings is 1. The van der Waals surface area contributed by atoms with Crippen molar-refractivity contribution in [3.8, 4) is 11.1 Å². The van der Waals surface area contributed by atoms with E-state index in [0.717, 1.165) is 0 Å². The predicted octanol–water partition coefficient (Wildman–Crippen LogP) is 4.94. The van der Waals surface area contributed by atoms with Crippen molar-refractivity contribution in [1.82, 2.24) is 5.16 Å². The van der Waals surface area contributed by atoms with E-state index < -0.39 is 5.82 Å². The summed E-state index contributed by atoms with van der Waals surface area (Å²) in [7, 11) is 0. The van der Waals surface area contributed by atoms with Gasteiger partial charge in [0.15, 0.2) is 5.82 Å². The van der Waals surface area contributed by atoms with E-state index in [1.165, 1.54) is 6.07 Å². The van der Waals surface area contributed by atoms with Crippen molar-refractivity contribution in [2.45, 2.75) is 34.1 Å². The Hall–Kier alpha value is -1.55. The molecule has 5 heteroatoms. The monoisotopic (exact) mass is 310 g/mol. The summed E-state index contributed by atoms with van der Waals surface area (Å²) < 4.78 is 19.5. The van der Waals surface area contributed by atoms with Crippen LogP contribution in [0.2, 0.25) is 5.02 Å². The lowest BCUT2D eigenvalue weighted by molar-refractivity contribution is 0.240. The van der Waals surface area contributed by atoms with Gasteiger partial charge in [0.05, 0.1) is 10.6 Å². The van der Waals surface area contributed by atoms with Crippen LogP contribution in [-0.2, 0) is 6.42 Å². The van der Waals surface area contributed by atoms with Gasteiger partial charge in [0.2, 0.25) is 0 Å². The van der Waals surface area contributed by atoms with Crippen molar-refractivity contribution in [3.05, 3.63) is 34.8 Å². The Labute approximate surface area is 129 Å². The minimum Gasteiger partial charge on any atom is -0.380 e. The molecule has 2 aromatic rings. The minimum absolute atomic E-state index is 0.0951. The first-order valence-corrected chi connectivity index (χ1v) is 7.28. The molecule has 21 heavy (non-hydrogen) atoms. The second-order valence-corrected chi connectivity index (χ2v) is 6.84. The summed E-state index contributed by atoms with van der Waals surface area (Å²) in [4.78, 5) is 0. The molecule has 2 N–H and O–H groups in total. The molecule has 1 heterocycles. The number of anilines is 1. The number of rotatable bonds is 3. The normalized spacial score (nSPS) is 13.4. The molecule has 1 aromatic carbocycles. The number of hydrogen-bond donors (Lipinski definition) is 1. The molecule has 0 bridgehead atoms. The van der Waals surface area contributed by atoms with Gasteiger partial charge in [-0.15, -0.1) is 0 Å². The quantitative estimate of drug-likeness (QED) is 0.873. The average molecular weight is 311 g/mol. The first-order chi connectivity index (χ1) is 9.71. The molecule has 0 saturated carbocycles. The molecule has 0 aliphatic carbocycles. The van der Waals surface area contributed by atoms with Gasteiger partial charge in [-0.05, 0) is 23.5 Å². The van der Waals surface area contributed by atoms with Gasteiger partial charge in [0, 0.05) is 12.0 Å². The molecule has 0 amide bonds. The van der Waals surface area contributed by atoms with Crippen LogP contribution < -0.4 is 5.73 Å². The van der Waals surface area contributed by atoms with Gasteiger partial charge in [-0.2, -0.15) is 0 Å². The van der Waals surface area contributed by atoms with E-state index >= 15 is 0 Å². The van der Waals surface area contributed by atoms with Crippen molar-refractivity contribution >= 4 is 17.4 Å². The van der Waals surface area contributed by atoms with Crippen LogP contribution in [0, 0.1) is 17.2 Å². The van der Waals surface area contributed by atoms with Crippen LogP contribution in [0.1, 0.15) is 33.5 Å². The van der Waals surface area contributed by atoms with E-state index in [0.29, 0.717) is 28.7 Å². The van der Waals surface area contributed by atoms with Crippen LogP contribution in [0.3, 0.4) is 0 Å². The smallest absolute Gasteiger partial charge is 0.175 e. The average Bonchev–Trinajstić information content (AvgIpc) is 2.70. The predicted molar refractivity (Wildman–Crippen MR) is 83.6 cm³/mol. The van der Waals surface area contributed by atoms with Crippen molar-refractivity contribution < 1.29 is 8.91 Å². The van der Waals surface area contributed by atoms with E-state index in [1.807, 2.05) is 0 Å². The molecule has 0 fully saturated rings. The van der Waals surface area contributed by atoms with Gasteiger partial charge in [0.1, 0.15) is 11.6 Å². The number of halogens is 2. The fourth-order valence-corrected chi connectivity index (χ4v) is 2.32. The molecule has 0 spiro atoms. The Kier molecular flexibility index (Phi) is 4.28. The van der Waals surface area contributed by atoms with Crippen LogP contribution in [0.15, 0.2) is 22.7 Å². The molecule has 0 radical (unpaired) electrons. The van der Waals surface area contributed by atoms with Crippen LogP contribution in [-0.4, -0.2) is 5.16 Å². The van der Waals surface area contributed by atoms with Crippen molar-refractivity contribution in [2.24, 2.45) is 11.3 Å². The lowest BCUT2D eigenvalue weighted by Crippen LogP contribution is -2.19. The maximum atomic E-state index is 14.1. The summed E-state index contributed by atoms with van der Waals surface area (Å²) in [6.45, 7) is 8.55. The Morgan fingerprint density at radius 3 is 2.57 bits per heavy atom. The first kappa shape index (κ1) is 15.8. The highest BCUT2D eigenvalue weighted by Crippen LogP contribution is 2.39. The van der Waals surface area contributed by atoms with Crippen LogP contribution >= 0.6 is 11.6 Å². The molecule has 0 saturated heterocycles. The highest BCUT2D eigenvalue weighted by molar-refractivity contribution is 6.33. The number of nitrogen functional groups attached to an aromatic ring is 1. The Balaban J connectivity index is 2.49. The Bertz CT molecular complexity index is 626. The summed E-state index contributed by atoms with van der Waals surface area (Å²) in [5.41, 5.74) is 6.69. The standard InChI is InChI=1S/C16H20ClFN2O/c1-9(16(2,3)4)8-12-14(15(19)20-21-12)13-10(17)6-5-7-11(13)18/h5-7,9H,8H2,1-4H3,(H2,19,20). The van der Waals surface area contributed by atoms with Gasteiger partial charge in [-0.1, -0.05) is 50.5 Å². The van der Waals surface area contributed by atoms with Gasteiger partial charge >= 0.3 is 0 Å². The summed E-state index contributed by atoms with van der Waals surface area (Å²) in [6.07, 6.45) is 0.619. The lowest BCUT2D eigenvalue weighted by Gasteiger charge is -2.26. The third-order valence-electron chi connectivity index (χ3n) is 3.97. The molecule has 0 aliphatic heterocycles.